The van der Waals surface area contributed by atoms with Gasteiger partial charge in [0.25, 0.3) is 5.91 Å². The monoisotopic (exact) mass is 454 g/mol. The molecule has 0 saturated carbocycles. The molecule has 1 amide bonds. The molecular formula is C21H15BrN2O5. The van der Waals surface area contributed by atoms with E-state index in [4.69, 9.17) is 4.74 Å². The van der Waals surface area contributed by atoms with Crippen molar-refractivity contribution in [3.8, 4) is 17.2 Å². The van der Waals surface area contributed by atoms with Gasteiger partial charge < -0.3 is 14.9 Å². The lowest BCUT2D eigenvalue weighted by atomic mass is 10.2. The van der Waals surface area contributed by atoms with Crippen LogP contribution in [0.2, 0.25) is 0 Å². The van der Waals surface area contributed by atoms with Gasteiger partial charge in [-0.2, -0.15) is 5.10 Å². The number of hydrazone groups is 1. The standard InChI is InChI=1S/C21H15BrN2O5/c22-15-3-1-2-14(10-15)21(28)29-17-7-4-13(5-8-17)12-23-24-20(27)18-9-6-16(25)11-19(18)26/h1-12,25-26H,(H,24,27)/b23-12+. The van der Waals surface area contributed by atoms with Gasteiger partial charge in [-0.25, -0.2) is 10.2 Å². The second-order valence-corrected chi connectivity index (χ2v) is 6.79. The molecule has 3 N–H and O–H groups in total. The number of phenolic OH excluding ortho intramolecular Hbond substituents is 2. The number of aromatic hydroxyl groups is 2. The number of nitrogens with one attached hydrogen (secondary N) is 1. The van der Waals surface area contributed by atoms with Crippen LogP contribution in [0.25, 0.3) is 0 Å². The lowest BCUT2D eigenvalue weighted by Crippen LogP contribution is -2.17. The molecule has 146 valence electrons. The average molecular weight is 455 g/mol. The third-order valence-electron chi connectivity index (χ3n) is 3.76. The summed E-state index contributed by atoms with van der Waals surface area (Å²) in [5.41, 5.74) is 3.34. The zero-order valence-electron chi connectivity index (χ0n) is 14.9. The minimum absolute atomic E-state index is 0.0187. The van der Waals surface area contributed by atoms with E-state index in [1.165, 1.54) is 18.3 Å². The molecule has 0 atom stereocenters. The van der Waals surface area contributed by atoms with E-state index in [-0.39, 0.29) is 17.1 Å². The highest BCUT2D eigenvalue weighted by atomic mass is 79.9. The smallest absolute Gasteiger partial charge is 0.343 e. The van der Waals surface area contributed by atoms with Crippen molar-refractivity contribution in [3.05, 3.63) is 87.9 Å². The van der Waals surface area contributed by atoms with Crippen molar-refractivity contribution in [1.82, 2.24) is 5.43 Å². The molecule has 0 aliphatic rings. The first-order valence-corrected chi connectivity index (χ1v) is 9.15. The van der Waals surface area contributed by atoms with Crippen LogP contribution in [0, 0.1) is 0 Å². The first-order valence-electron chi connectivity index (χ1n) is 8.35. The minimum Gasteiger partial charge on any atom is -0.508 e. The molecular weight excluding hydrogens is 440 g/mol. The third kappa shape index (κ3) is 5.43. The van der Waals surface area contributed by atoms with Crippen LogP contribution >= 0.6 is 15.9 Å². The van der Waals surface area contributed by atoms with Gasteiger partial charge in [0, 0.05) is 10.5 Å². The Morgan fingerprint density at radius 1 is 1.00 bits per heavy atom. The number of nitrogens with zero attached hydrogens (tertiary/aromatic N) is 1. The molecule has 0 aliphatic heterocycles. The van der Waals surface area contributed by atoms with E-state index >= 15 is 0 Å². The first-order chi connectivity index (χ1) is 13.9. The fourth-order valence-electron chi connectivity index (χ4n) is 2.34. The summed E-state index contributed by atoms with van der Waals surface area (Å²) in [7, 11) is 0. The first kappa shape index (κ1) is 20.1. The number of halogens is 1. The number of ether oxygens (including phenoxy) is 1. The summed E-state index contributed by atoms with van der Waals surface area (Å²) in [6.45, 7) is 0. The number of carbonyl (C=O) groups is 2. The Labute approximate surface area is 174 Å². The summed E-state index contributed by atoms with van der Waals surface area (Å²) in [5.74, 6) is -1.24. The second-order valence-electron chi connectivity index (χ2n) is 5.87. The average Bonchev–Trinajstić information content (AvgIpc) is 2.69. The van der Waals surface area contributed by atoms with E-state index in [9.17, 15) is 19.8 Å². The fourth-order valence-corrected chi connectivity index (χ4v) is 2.74. The van der Waals surface area contributed by atoms with Crippen LogP contribution in [0.15, 0.2) is 76.3 Å². The summed E-state index contributed by atoms with van der Waals surface area (Å²) in [6, 6.07) is 17.0. The highest BCUT2D eigenvalue weighted by molar-refractivity contribution is 9.10. The molecule has 7 nitrogen and oxygen atoms in total. The van der Waals surface area contributed by atoms with Gasteiger partial charge in [0.05, 0.1) is 17.3 Å². The zero-order valence-corrected chi connectivity index (χ0v) is 16.5. The van der Waals surface area contributed by atoms with E-state index in [2.05, 4.69) is 26.5 Å². The van der Waals surface area contributed by atoms with Crippen molar-refractivity contribution < 1.29 is 24.5 Å². The van der Waals surface area contributed by atoms with Crippen LogP contribution in [0.4, 0.5) is 0 Å². The van der Waals surface area contributed by atoms with Gasteiger partial charge in [-0.05, 0) is 60.2 Å². The van der Waals surface area contributed by atoms with Gasteiger partial charge in [0.1, 0.15) is 17.2 Å². The predicted molar refractivity (Wildman–Crippen MR) is 110 cm³/mol. The van der Waals surface area contributed by atoms with Crippen LogP contribution < -0.4 is 10.2 Å². The van der Waals surface area contributed by atoms with Crippen molar-refractivity contribution in [1.29, 1.82) is 0 Å². The highest BCUT2D eigenvalue weighted by Gasteiger charge is 2.11. The highest BCUT2D eigenvalue weighted by Crippen LogP contribution is 2.22. The number of amides is 1. The number of benzene rings is 3. The van der Waals surface area contributed by atoms with Crippen molar-refractivity contribution in [3.63, 3.8) is 0 Å². The Bertz CT molecular complexity index is 1080. The Morgan fingerprint density at radius 2 is 1.76 bits per heavy atom. The molecule has 0 heterocycles. The van der Waals surface area contributed by atoms with E-state index in [1.807, 2.05) is 6.07 Å². The molecule has 0 fully saturated rings. The number of carbonyl (C=O) groups excluding carboxylic acids is 2. The molecule has 0 unspecified atom stereocenters. The molecule has 0 radical (unpaired) electrons. The zero-order chi connectivity index (χ0) is 20.8. The lowest BCUT2D eigenvalue weighted by Gasteiger charge is -2.05. The maximum Gasteiger partial charge on any atom is 0.343 e. The van der Waals surface area contributed by atoms with Crippen molar-refractivity contribution in [2.45, 2.75) is 0 Å². The number of phenols is 2. The van der Waals surface area contributed by atoms with Crippen molar-refractivity contribution >= 4 is 34.0 Å². The molecule has 0 aromatic heterocycles. The summed E-state index contributed by atoms with van der Waals surface area (Å²) in [6.07, 6.45) is 1.40. The molecule has 0 saturated heterocycles. The van der Waals surface area contributed by atoms with Gasteiger partial charge in [-0.15, -0.1) is 0 Å². The Balaban J connectivity index is 1.58. The van der Waals surface area contributed by atoms with Crippen molar-refractivity contribution in [2.75, 3.05) is 0 Å². The van der Waals surface area contributed by atoms with Gasteiger partial charge in [0.15, 0.2) is 0 Å². The summed E-state index contributed by atoms with van der Waals surface area (Å²) < 4.78 is 6.09. The SMILES string of the molecule is O=C(Oc1ccc(/C=N/NC(=O)c2ccc(O)cc2O)cc1)c1cccc(Br)c1. The van der Waals surface area contributed by atoms with Crippen LogP contribution in [0.1, 0.15) is 26.3 Å². The third-order valence-corrected chi connectivity index (χ3v) is 4.25. The Hall–Kier alpha value is -3.65. The summed E-state index contributed by atoms with van der Waals surface area (Å²) in [5, 5.41) is 22.7. The molecule has 3 rings (SSSR count). The summed E-state index contributed by atoms with van der Waals surface area (Å²) in [4.78, 5) is 24.1. The topological polar surface area (TPSA) is 108 Å². The normalized spacial score (nSPS) is 10.7. The lowest BCUT2D eigenvalue weighted by molar-refractivity contribution is 0.0734. The van der Waals surface area contributed by atoms with Gasteiger partial charge in [0.2, 0.25) is 0 Å². The van der Waals surface area contributed by atoms with Gasteiger partial charge >= 0.3 is 5.97 Å². The maximum atomic E-state index is 12.1. The molecule has 3 aromatic rings. The summed E-state index contributed by atoms with van der Waals surface area (Å²) >= 11 is 3.30. The molecule has 3 aromatic carbocycles. The van der Waals surface area contributed by atoms with Gasteiger partial charge in [-0.1, -0.05) is 22.0 Å². The van der Waals surface area contributed by atoms with E-state index in [1.54, 1.807) is 42.5 Å². The van der Waals surface area contributed by atoms with E-state index in [0.717, 1.165) is 10.5 Å². The minimum atomic E-state index is -0.627. The van der Waals surface area contributed by atoms with Crippen LogP contribution in [-0.2, 0) is 0 Å². The van der Waals surface area contributed by atoms with Crippen LogP contribution in [0.5, 0.6) is 17.2 Å². The predicted octanol–water partition coefficient (Wildman–Crippen LogP) is 3.84. The number of hydrogen-bond acceptors (Lipinski definition) is 6. The second kappa shape index (κ2) is 9.03. The van der Waals surface area contributed by atoms with Crippen LogP contribution in [-0.4, -0.2) is 28.3 Å². The quantitative estimate of drug-likeness (QED) is 0.235. The number of hydrogen-bond donors (Lipinski definition) is 3. The largest absolute Gasteiger partial charge is 0.508 e. The van der Waals surface area contributed by atoms with Gasteiger partial charge in [-0.3, -0.25) is 4.79 Å². The Morgan fingerprint density at radius 3 is 2.45 bits per heavy atom. The van der Waals surface area contributed by atoms with Crippen LogP contribution in [0.3, 0.4) is 0 Å². The molecule has 8 heteroatoms. The number of rotatable bonds is 5. The fraction of sp³-hybridized carbons (Fsp3) is 0. The number of esters is 1. The molecule has 29 heavy (non-hydrogen) atoms. The molecule has 0 aliphatic carbocycles. The maximum absolute atomic E-state index is 12.1. The molecule has 0 spiro atoms. The van der Waals surface area contributed by atoms with Crippen molar-refractivity contribution in [2.24, 2.45) is 5.10 Å². The molecule has 0 bridgehead atoms. The van der Waals surface area contributed by atoms with E-state index in [0.29, 0.717) is 16.9 Å². The van der Waals surface area contributed by atoms with E-state index < -0.39 is 11.9 Å². The Kier molecular flexibility index (Phi) is 6.25.